The summed E-state index contributed by atoms with van der Waals surface area (Å²) in [6.07, 6.45) is 3.53. The van der Waals surface area contributed by atoms with Crippen molar-refractivity contribution >= 4 is 0 Å². The van der Waals surface area contributed by atoms with Gasteiger partial charge in [0, 0.05) is 12.5 Å². The van der Waals surface area contributed by atoms with E-state index in [1.807, 2.05) is 0 Å². The third-order valence-electron chi connectivity index (χ3n) is 3.62. The Morgan fingerprint density at radius 2 is 2.38 bits per heavy atom. The van der Waals surface area contributed by atoms with Crippen molar-refractivity contribution in [3.8, 4) is 11.5 Å². The lowest BCUT2D eigenvalue weighted by atomic mass is 10.0. The molecule has 2 unspecified atom stereocenters. The van der Waals surface area contributed by atoms with E-state index in [4.69, 9.17) is 13.9 Å². The van der Waals surface area contributed by atoms with Crippen LogP contribution in [0.5, 0.6) is 11.5 Å². The van der Waals surface area contributed by atoms with E-state index in [2.05, 4.69) is 10.3 Å². The molecule has 1 saturated heterocycles. The minimum atomic E-state index is -0.461. The smallest absolute Gasteiger partial charge is 0.235 e. The van der Waals surface area contributed by atoms with E-state index in [1.54, 1.807) is 18.3 Å². The first kappa shape index (κ1) is 13.9. The van der Waals surface area contributed by atoms with Crippen LogP contribution in [0, 0.1) is 11.7 Å². The molecule has 2 aromatic rings. The standard InChI is InChI=1S/C15H17FN2O3/c1-19-12-4-2-3-11(16)14(12)21-13(10-5-6-17-9-10)15-18-7-8-20-15/h2-4,7-8,10,13,17H,5-6,9H2,1H3. The number of methoxy groups -OCH3 is 1. The minimum Gasteiger partial charge on any atom is -0.493 e. The van der Waals surface area contributed by atoms with Crippen molar-refractivity contribution in [3.05, 3.63) is 42.4 Å². The van der Waals surface area contributed by atoms with Crippen LogP contribution in [0.2, 0.25) is 0 Å². The van der Waals surface area contributed by atoms with Crippen LogP contribution in [0.15, 0.2) is 35.1 Å². The lowest BCUT2D eigenvalue weighted by molar-refractivity contribution is 0.105. The van der Waals surface area contributed by atoms with Crippen LogP contribution in [0.4, 0.5) is 4.39 Å². The zero-order valence-electron chi connectivity index (χ0n) is 11.7. The molecule has 1 fully saturated rings. The number of oxazole rings is 1. The molecular weight excluding hydrogens is 275 g/mol. The second-order valence-corrected chi connectivity index (χ2v) is 4.93. The Hall–Kier alpha value is -2.08. The molecule has 1 N–H and O–H groups in total. The molecule has 3 rings (SSSR count). The predicted octanol–water partition coefficient (Wildman–Crippen LogP) is 2.55. The Balaban J connectivity index is 1.91. The number of hydrogen-bond acceptors (Lipinski definition) is 5. The number of aromatic nitrogens is 1. The molecule has 0 radical (unpaired) electrons. The Morgan fingerprint density at radius 3 is 3.05 bits per heavy atom. The normalized spacial score (nSPS) is 19.4. The number of benzene rings is 1. The highest BCUT2D eigenvalue weighted by Crippen LogP contribution is 2.37. The minimum absolute atomic E-state index is 0.0927. The number of nitrogens with zero attached hydrogens (tertiary/aromatic N) is 1. The van der Waals surface area contributed by atoms with Gasteiger partial charge in [-0.3, -0.25) is 0 Å². The molecule has 0 amide bonds. The van der Waals surface area contributed by atoms with Crippen LogP contribution in [0.1, 0.15) is 18.4 Å². The van der Waals surface area contributed by atoms with E-state index in [0.29, 0.717) is 11.6 Å². The van der Waals surface area contributed by atoms with Crippen molar-refractivity contribution in [1.29, 1.82) is 0 Å². The molecule has 112 valence electrons. The van der Waals surface area contributed by atoms with Gasteiger partial charge in [-0.25, -0.2) is 9.37 Å². The average Bonchev–Trinajstić information content (AvgIpc) is 3.19. The van der Waals surface area contributed by atoms with Crippen molar-refractivity contribution in [2.75, 3.05) is 20.2 Å². The van der Waals surface area contributed by atoms with Gasteiger partial charge in [0.15, 0.2) is 23.4 Å². The van der Waals surface area contributed by atoms with Gasteiger partial charge >= 0.3 is 0 Å². The maximum absolute atomic E-state index is 14.1. The van der Waals surface area contributed by atoms with E-state index in [9.17, 15) is 4.39 Å². The lowest BCUT2D eigenvalue weighted by Gasteiger charge is -2.22. The van der Waals surface area contributed by atoms with E-state index in [1.165, 1.54) is 19.4 Å². The van der Waals surface area contributed by atoms with Gasteiger partial charge in [0.25, 0.3) is 0 Å². The highest BCUT2D eigenvalue weighted by Gasteiger charge is 2.32. The maximum Gasteiger partial charge on any atom is 0.235 e. The van der Waals surface area contributed by atoms with Crippen molar-refractivity contribution in [2.24, 2.45) is 5.92 Å². The molecular formula is C15H17FN2O3. The highest BCUT2D eigenvalue weighted by atomic mass is 19.1. The molecule has 1 aromatic heterocycles. The fourth-order valence-corrected chi connectivity index (χ4v) is 2.55. The van der Waals surface area contributed by atoms with E-state index < -0.39 is 11.9 Å². The fourth-order valence-electron chi connectivity index (χ4n) is 2.55. The molecule has 1 aromatic carbocycles. The lowest BCUT2D eigenvalue weighted by Crippen LogP contribution is -2.22. The van der Waals surface area contributed by atoms with Crippen LogP contribution in [-0.2, 0) is 0 Å². The molecule has 1 aliphatic rings. The molecule has 6 heteroatoms. The van der Waals surface area contributed by atoms with Gasteiger partial charge in [-0.1, -0.05) is 6.07 Å². The summed E-state index contributed by atoms with van der Waals surface area (Å²) >= 11 is 0. The van der Waals surface area contributed by atoms with E-state index in [-0.39, 0.29) is 11.7 Å². The molecule has 2 heterocycles. The zero-order valence-corrected chi connectivity index (χ0v) is 11.7. The monoisotopic (exact) mass is 292 g/mol. The third kappa shape index (κ3) is 2.85. The fraction of sp³-hybridized carbons (Fsp3) is 0.400. The van der Waals surface area contributed by atoms with Crippen LogP contribution in [0.25, 0.3) is 0 Å². The summed E-state index contributed by atoms with van der Waals surface area (Å²) in [5.41, 5.74) is 0. The van der Waals surface area contributed by atoms with Crippen molar-refractivity contribution in [1.82, 2.24) is 10.3 Å². The van der Waals surface area contributed by atoms with Crippen molar-refractivity contribution in [2.45, 2.75) is 12.5 Å². The average molecular weight is 292 g/mol. The summed E-state index contributed by atoms with van der Waals surface area (Å²) in [5, 5.41) is 3.27. The predicted molar refractivity (Wildman–Crippen MR) is 73.8 cm³/mol. The maximum atomic E-state index is 14.1. The summed E-state index contributed by atoms with van der Waals surface area (Å²) in [7, 11) is 1.49. The van der Waals surface area contributed by atoms with Crippen LogP contribution < -0.4 is 14.8 Å². The molecule has 5 nitrogen and oxygen atoms in total. The van der Waals surface area contributed by atoms with Gasteiger partial charge in [-0.15, -0.1) is 0 Å². The topological polar surface area (TPSA) is 56.5 Å². The summed E-state index contributed by atoms with van der Waals surface area (Å²) in [5.74, 6) is 0.617. The van der Waals surface area contributed by atoms with E-state index in [0.717, 1.165) is 19.5 Å². The Kier molecular flexibility index (Phi) is 4.06. The number of ether oxygens (including phenoxy) is 2. The summed E-state index contributed by atoms with van der Waals surface area (Å²) in [4.78, 5) is 4.16. The van der Waals surface area contributed by atoms with Gasteiger partial charge in [0.1, 0.15) is 6.26 Å². The quantitative estimate of drug-likeness (QED) is 0.918. The molecule has 0 aliphatic carbocycles. The summed E-state index contributed by atoms with van der Waals surface area (Å²) in [6.45, 7) is 1.68. The van der Waals surface area contributed by atoms with Crippen molar-refractivity contribution < 1.29 is 18.3 Å². The largest absolute Gasteiger partial charge is 0.493 e. The number of nitrogens with one attached hydrogen (secondary N) is 1. The van der Waals surface area contributed by atoms with Crippen LogP contribution >= 0.6 is 0 Å². The molecule has 1 aliphatic heterocycles. The molecule has 0 spiro atoms. The first-order valence-corrected chi connectivity index (χ1v) is 6.89. The second-order valence-electron chi connectivity index (χ2n) is 4.93. The Morgan fingerprint density at radius 1 is 1.48 bits per heavy atom. The third-order valence-corrected chi connectivity index (χ3v) is 3.62. The highest BCUT2D eigenvalue weighted by molar-refractivity contribution is 5.41. The Labute approximate surface area is 122 Å². The van der Waals surface area contributed by atoms with E-state index >= 15 is 0 Å². The number of halogens is 1. The van der Waals surface area contributed by atoms with Crippen molar-refractivity contribution in [3.63, 3.8) is 0 Å². The zero-order chi connectivity index (χ0) is 14.7. The molecule has 2 atom stereocenters. The second kappa shape index (κ2) is 6.13. The van der Waals surface area contributed by atoms with Gasteiger partial charge in [0.2, 0.25) is 5.89 Å². The Bertz CT molecular complexity index is 583. The number of hydrogen-bond donors (Lipinski definition) is 1. The first-order valence-electron chi connectivity index (χ1n) is 6.89. The first-order chi connectivity index (χ1) is 10.3. The van der Waals surface area contributed by atoms with Crippen LogP contribution in [-0.4, -0.2) is 25.2 Å². The SMILES string of the molecule is COc1cccc(F)c1OC(c1ncco1)C1CCNC1. The van der Waals surface area contributed by atoms with Gasteiger partial charge in [-0.2, -0.15) is 0 Å². The van der Waals surface area contributed by atoms with Gasteiger partial charge in [0.05, 0.1) is 13.3 Å². The van der Waals surface area contributed by atoms with Crippen LogP contribution in [0.3, 0.4) is 0 Å². The molecule has 21 heavy (non-hydrogen) atoms. The summed E-state index contributed by atoms with van der Waals surface area (Å²) in [6, 6.07) is 4.59. The summed E-state index contributed by atoms with van der Waals surface area (Å²) < 4.78 is 30.5. The molecule has 0 saturated carbocycles. The molecule has 0 bridgehead atoms. The van der Waals surface area contributed by atoms with Gasteiger partial charge in [-0.05, 0) is 25.1 Å². The van der Waals surface area contributed by atoms with Gasteiger partial charge < -0.3 is 19.2 Å². The number of rotatable bonds is 5. The number of para-hydroxylation sites is 1.